The van der Waals surface area contributed by atoms with Gasteiger partial charge in [-0.3, -0.25) is 9.48 Å². The van der Waals surface area contributed by atoms with Crippen LogP contribution in [0.3, 0.4) is 0 Å². The summed E-state index contributed by atoms with van der Waals surface area (Å²) < 4.78 is 18.3. The number of rotatable bonds is 7. The number of carbonyl (C=O) groups excluding carboxylic acids is 1. The van der Waals surface area contributed by atoms with Crippen molar-refractivity contribution in [2.24, 2.45) is 7.05 Å². The summed E-state index contributed by atoms with van der Waals surface area (Å²) in [7, 11) is 5.21. The highest BCUT2D eigenvalue weighted by molar-refractivity contribution is 5.91. The van der Waals surface area contributed by atoms with Crippen molar-refractivity contribution in [3.8, 4) is 11.5 Å². The Morgan fingerprint density at radius 3 is 2.66 bits per heavy atom. The molecule has 0 spiro atoms. The molecule has 0 radical (unpaired) electrons. The summed E-state index contributed by atoms with van der Waals surface area (Å²) in [6, 6.07) is 5.65. The first kappa shape index (κ1) is 20.4. The largest absolute Gasteiger partial charge is 0.493 e. The zero-order valence-corrected chi connectivity index (χ0v) is 17.6. The molecule has 0 unspecified atom stereocenters. The molecule has 29 heavy (non-hydrogen) atoms. The molecular weight excluding hydrogens is 372 g/mol. The van der Waals surface area contributed by atoms with Crippen LogP contribution in [0.1, 0.15) is 38.9 Å². The Morgan fingerprint density at radius 1 is 1.24 bits per heavy atom. The highest BCUT2D eigenvalue weighted by Crippen LogP contribution is 2.28. The molecule has 0 fully saturated rings. The summed E-state index contributed by atoms with van der Waals surface area (Å²) in [5, 5.41) is 4.39. The van der Waals surface area contributed by atoms with Crippen molar-refractivity contribution in [3.05, 3.63) is 58.6 Å². The van der Waals surface area contributed by atoms with Crippen molar-refractivity contribution in [2.45, 2.75) is 33.9 Å². The molecule has 154 valence electrons. The van der Waals surface area contributed by atoms with Gasteiger partial charge in [-0.2, -0.15) is 5.10 Å². The monoisotopic (exact) mass is 398 g/mol. The molecule has 3 rings (SSSR count). The summed E-state index contributed by atoms with van der Waals surface area (Å²) in [5.74, 6) is 1.31. The molecule has 2 aromatic heterocycles. The summed E-state index contributed by atoms with van der Waals surface area (Å²) in [4.78, 5) is 18.6. The highest BCUT2D eigenvalue weighted by Gasteiger charge is 2.20. The van der Waals surface area contributed by atoms with Crippen LogP contribution in [-0.4, -0.2) is 39.7 Å². The van der Waals surface area contributed by atoms with Crippen LogP contribution in [0.2, 0.25) is 0 Å². The van der Waals surface area contributed by atoms with E-state index in [1.54, 1.807) is 19.1 Å². The SMILES string of the molecule is COc1cc(C)ccc1OCc1nc(C(=O)N(C)Cc2c(C)nn(C)c2C)co1. The third-order valence-electron chi connectivity index (χ3n) is 4.84. The van der Waals surface area contributed by atoms with Gasteiger partial charge in [-0.15, -0.1) is 0 Å². The lowest BCUT2D eigenvalue weighted by Gasteiger charge is -2.16. The van der Waals surface area contributed by atoms with Crippen LogP contribution in [-0.2, 0) is 20.2 Å². The Bertz CT molecular complexity index is 1020. The second-order valence-electron chi connectivity index (χ2n) is 7.00. The van der Waals surface area contributed by atoms with Gasteiger partial charge in [0.05, 0.1) is 12.8 Å². The molecule has 1 aromatic carbocycles. The summed E-state index contributed by atoms with van der Waals surface area (Å²) in [6.07, 6.45) is 1.35. The fourth-order valence-corrected chi connectivity index (χ4v) is 3.06. The number of aromatic nitrogens is 3. The summed E-state index contributed by atoms with van der Waals surface area (Å²) >= 11 is 0. The Balaban J connectivity index is 1.65. The number of methoxy groups -OCH3 is 1. The fourth-order valence-electron chi connectivity index (χ4n) is 3.06. The summed E-state index contributed by atoms with van der Waals surface area (Å²) in [5.41, 5.74) is 4.28. The van der Waals surface area contributed by atoms with Gasteiger partial charge in [-0.25, -0.2) is 4.98 Å². The van der Waals surface area contributed by atoms with E-state index >= 15 is 0 Å². The normalized spacial score (nSPS) is 10.8. The van der Waals surface area contributed by atoms with E-state index in [1.165, 1.54) is 6.26 Å². The number of hydrogen-bond donors (Lipinski definition) is 0. The Morgan fingerprint density at radius 2 is 2.00 bits per heavy atom. The molecule has 1 amide bonds. The number of benzene rings is 1. The van der Waals surface area contributed by atoms with E-state index in [4.69, 9.17) is 13.9 Å². The molecule has 0 saturated heterocycles. The van der Waals surface area contributed by atoms with Crippen molar-refractivity contribution in [2.75, 3.05) is 14.2 Å². The van der Waals surface area contributed by atoms with Gasteiger partial charge in [-0.1, -0.05) is 6.07 Å². The van der Waals surface area contributed by atoms with E-state index in [1.807, 2.05) is 50.7 Å². The Kier molecular flexibility index (Phi) is 5.91. The number of hydrogen-bond acceptors (Lipinski definition) is 6. The van der Waals surface area contributed by atoms with Gasteiger partial charge >= 0.3 is 0 Å². The average Bonchev–Trinajstić information content (AvgIpc) is 3.26. The van der Waals surface area contributed by atoms with Crippen molar-refractivity contribution in [3.63, 3.8) is 0 Å². The van der Waals surface area contributed by atoms with Crippen LogP contribution >= 0.6 is 0 Å². The van der Waals surface area contributed by atoms with Crippen LogP contribution in [0.25, 0.3) is 0 Å². The van der Waals surface area contributed by atoms with Crippen molar-refractivity contribution >= 4 is 5.91 Å². The minimum atomic E-state index is -0.226. The molecule has 0 bridgehead atoms. The van der Waals surface area contributed by atoms with Gasteiger partial charge < -0.3 is 18.8 Å². The van der Waals surface area contributed by atoms with Crippen molar-refractivity contribution < 1.29 is 18.7 Å². The number of carbonyl (C=O) groups is 1. The molecule has 8 nitrogen and oxygen atoms in total. The average molecular weight is 398 g/mol. The van der Waals surface area contributed by atoms with Crippen molar-refractivity contribution in [1.29, 1.82) is 0 Å². The first-order valence-corrected chi connectivity index (χ1v) is 9.26. The fraction of sp³-hybridized carbons (Fsp3) is 0.381. The van der Waals surface area contributed by atoms with Gasteiger partial charge in [0.2, 0.25) is 5.89 Å². The van der Waals surface area contributed by atoms with E-state index < -0.39 is 0 Å². The van der Waals surface area contributed by atoms with Crippen LogP contribution in [0, 0.1) is 20.8 Å². The van der Waals surface area contributed by atoms with Crippen LogP contribution in [0.4, 0.5) is 0 Å². The Labute approximate surface area is 170 Å². The number of amides is 1. The molecule has 0 atom stereocenters. The highest BCUT2D eigenvalue weighted by atomic mass is 16.5. The number of ether oxygens (including phenoxy) is 2. The van der Waals surface area contributed by atoms with E-state index in [2.05, 4.69) is 10.1 Å². The second kappa shape index (κ2) is 8.38. The van der Waals surface area contributed by atoms with E-state index in [-0.39, 0.29) is 18.2 Å². The maximum atomic E-state index is 12.7. The van der Waals surface area contributed by atoms with Gasteiger partial charge in [-0.05, 0) is 38.5 Å². The number of aryl methyl sites for hydroxylation is 3. The Hall–Kier alpha value is -3.29. The number of nitrogens with zero attached hydrogens (tertiary/aromatic N) is 4. The van der Waals surface area contributed by atoms with Gasteiger partial charge in [0.25, 0.3) is 5.91 Å². The lowest BCUT2D eigenvalue weighted by molar-refractivity contribution is 0.0778. The lowest BCUT2D eigenvalue weighted by atomic mass is 10.2. The maximum absolute atomic E-state index is 12.7. The van der Waals surface area contributed by atoms with Crippen molar-refractivity contribution in [1.82, 2.24) is 19.7 Å². The molecule has 8 heteroatoms. The van der Waals surface area contributed by atoms with Crippen LogP contribution in [0.15, 0.2) is 28.9 Å². The molecule has 0 N–H and O–H groups in total. The van der Waals surface area contributed by atoms with E-state index in [0.29, 0.717) is 23.9 Å². The zero-order valence-electron chi connectivity index (χ0n) is 17.6. The molecule has 0 saturated carbocycles. The van der Waals surface area contributed by atoms with Gasteiger partial charge in [0, 0.05) is 31.9 Å². The molecule has 2 heterocycles. The quantitative estimate of drug-likeness (QED) is 0.608. The molecule has 0 aliphatic carbocycles. The zero-order chi connectivity index (χ0) is 21.1. The third kappa shape index (κ3) is 4.42. The van der Waals surface area contributed by atoms with E-state index in [0.717, 1.165) is 22.5 Å². The topological polar surface area (TPSA) is 82.6 Å². The van der Waals surface area contributed by atoms with Gasteiger partial charge in [0.15, 0.2) is 23.8 Å². The van der Waals surface area contributed by atoms with Gasteiger partial charge in [0.1, 0.15) is 6.26 Å². The third-order valence-corrected chi connectivity index (χ3v) is 4.84. The van der Waals surface area contributed by atoms with Crippen LogP contribution < -0.4 is 9.47 Å². The standard InChI is InChI=1S/C21H26N4O4/c1-13-7-8-18(19(9-13)27-6)28-12-20-22-17(11-29-20)21(26)24(4)10-16-14(2)23-25(5)15(16)3/h7-9,11H,10,12H2,1-6H3. The smallest absolute Gasteiger partial charge is 0.275 e. The minimum absolute atomic E-state index is 0.0945. The van der Waals surface area contributed by atoms with Crippen LogP contribution in [0.5, 0.6) is 11.5 Å². The maximum Gasteiger partial charge on any atom is 0.275 e. The minimum Gasteiger partial charge on any atom is -0.493 e. The second-order valence-corrected chi connectivity index (χ2v) is 7.00. The molecule has 3 aromatic rings. The number of oxazole rings is 1. The predicted molar refractivity (Wildman–Crippen MR) is 107 cm³/mol. The lowest BCUT2D eigenvalue weighted by Crippen LogP contribution is -2.27. The molecule has 0 aliphatic rings. The summed E-state index contributed by atoms with van der Waals surface area (Å²) in [6.45, 7) is 6.44. The molecule has 0 aliphatic heterocycles. The molecular formula is C21H26N4O4. The predicted octanol–water partition coefficient (Wildman–Crippen LogP) is 3.19. The first-order valence-electron chi connectivity index (χ1n) is 9.26. The first-order chi connectivity index (χ1) is 13.8. The van der Waals surface area contributed by atoms with E-state index in [9.17, 15) is 4.79 Å².